The topological polar surface area (TPSA) is 72.2 Å². The molecular formula is C15H23ClN2O2S. The van der Waals surface area contributed by atoms with Crippen molar-refractivity contribution >= 4 is 27.3 Å². The lowest BCUT2D eigenvalue weighted by atomic mass is 10.0. The Morgan fingerprint density at radius 1 is 1.24 bits per heavy atom. The van der Waals surface area contributed by atoms with Crippen LogP contribution < -0.4 is 10.5 Å². The molecule has 118 valence electrons. The largest absolute Gasteiger partial charge is 0.398 e. The average Bonchev–Trinajstić information content (AvgIpc) is 2.58. The summed E-state index contributed by atoms with van der Waals surface area (Å²) in [5.74, 6) is 0.669. The first-order valence-electron chi connectivity index (χ1n) is 7.37. The van der Waals surface area contributed by atoms with Crippen LogP contribution in [0.5, 0.6) is 0 Å². The van der Waals surface area contributed by atoms with Crippen LogP contribution >= 0.6 is 11.6 Å². The molecule has 0 aliphatic heterocycles. The number of nitrogens with one attached hydrogen (secondary N) is 1. The van der Waals surface area contributed by atoms with Crippen molar-refractivity contribution in [3.05, 3.63) is 22.7 Å². The van der Waals surface area contributed by atoms with Crippen molar-refractivity contribution in [2.24, 2.45) is 5.92 Å². The molecule has 2 rings (SSSR count). The van der Waals surface area contributed by atoms with E-state index in [1.54, 1.807) is 13.0 Å². The number of hydrogen-bond donors (Lipinski definition) is 2. The van der Waals surface area contributed by atoms with Gasteiger partial charge in [0.05, 0.1) is 4.90 Å². The van der Waals surface area contributed by atoms with Gasteiger partial charge in [0.15, 0.2) is 0 Å². The van der Waals surface area contributed by atoms with Gasteiger partial charge in [-0.2, -0.15) is 0 Å². The molecule has 0 amide bonds. The van der Waals surface area contributed by atoms with E-state index in [1.807, 2.05) is 0 Å². The molecule has 1 aromatic rings. The van der Waals surface area contributed by atoms with E-state index in [0.717, 1.165) is 25.7 Å². The van der Waals surface area contributed by atoms with Crippen molar-refractivity contribution in [2.45, 2.75) is 56.9 Å². The van der Waals surface area contributed by atoms with Crippen LogP contribution in [0.4, 0.5) is 5.69 Å². The van der Waals surface area contributed by atoms with Crippen LogP contribution in [-0.4, -0.2) is 14.5 Å². The first-order chi connectivity index (χ1) is 9.79. The fourth-order valence-electron chi connectivity index (χ4n) is 2.84. The predicted molar refractivity (Wildman–Crippen MR) is 87.0 cm³/mol. The molecule has 0 radical (unpaired) electrons. The molecule has 0 bridgehead atoms. The Morgan fingerprint density at radius 2 is 1.95 bits per heavy atom. The SMILES string of the molecule is Cc1c(N)cc(Cl)cc1S(=O)(=O)NC1CCCC(C)CC1. The molecule has 6 heteroatoms. The number of rotatable bonds is 3. The van der Waals surface area contributed by atoms with Crippen LogP contribution in [0.2, 0.25) is 5.02 Å². The fourth-order valence-corrected chi connectivity index (χ4v) is 4.74. The summed E-state index contributed by atoms with van der Waals surface area (Å²) in [6.45, 7) is 3.92. The van der Waals surface area contributed by atoms with Gasteiger partial charge < -0.3 is 5.73 Å². The molecule has 1 aromatic carbocycles. The van der Waals surface area contributed by atoms with Crippen LogP contribution in [0, 0.1) is 12.8 Å². The number of nitrogens with two attached hydrogens (primary N) is 1. The van der Waals surface area contributed by atoms with E-state index in [0.29, 0.717) is 22.2 Å². The molecule has 1 aliphatic carbocycles. The lowest BCUT2D eigenvalue weighted by molar-refractivity contribution is 0.484. The second-order valence-electron chi connectivity index (χ2n) is 6.05. The second kappa shape index (κ2) is 6.55. The lowest BCUT2D eigenvalue weighted by Gasteiger charge is -2.18. The van der Waals surface area contributed by atoms with Gasteiger partial charge in [0, 0.05) is 16.8 Å². The van der Waals surface area contributed by atoms with E-state index in [1.165, 1.54) is 12.5 Å². The maximum atomic E-state index is 12.6. The summed E-state index contributed by atoms with van der Waals surface area (Å²) in [6.07, 6.45) is 5.06. The van der Waals surface area contributed by atoms with Crippen LogP contribution in [0.1, 0.15) is 44.6 Å². The zero-order valence-electron chi connectivity index (χ0n) is 12.5. The number of sulfonamides is 1. The molecular weight excluding hydrogens is 308 g/mol. The summed E-state index contributed by atoms with van der Waals surface area (Å²) in [5, 5.41) is 0.341. The monoisotopic (exact) mass is 330 g/mol. The molecule has 1 saturated carbocycles. The molecule has 0 spiro atoms. The molecule has 1 aliphatic rings. The molecule has 0 aromatic heterocycles. The highest BCUT2D eigenvalue weighted by Crippen LogP contribution is 2.28. The molecule has 21 heavy (non-hydrogen) atoms. The van der Waals surface area contributed by atoms with Crippen molar-refractivity contribution in [1.29, 1.82) is 0 Å². The lowest BCUT2D eigenvalue weighted by Crippen LogP contribution is -2.35. The Balaban J connectivity index is 2.22. The summed E-state index contributed by atoms with van der Waals surface area (Å²) >= 11 is 5.94. The standard InChI is InChI=1S/C15H23ClN2O2S/c1-10-4-3-5-13(7-6-10)18-21(19,20)15-9-12(16)8-14(17)11(15)2/h8-10,13,18H,3-7,17H2,1-2H3. The van der Waals surface area contributed by atoms with Gasteiger partial charge in [-0.3, -0.25) is 0 Å². The van der Waals surface area contributed by atoms with Gasteiger partial charge >= 0.3 is 0 Å². The van der Waals surface area contributed by atoms with E-state index in [9.17, 15) is 8.42 Å². The van der Waals surface area contributed by atoms with Gasteiger partial charge in [-0.05, 0) is 49.8 Å². The van der Waals surface area contributed by atoms with E-state index >= 15 is 0 Å². The quantitative estimate of drug-likeness (QED) is 0.658. The maximum Gasteiger partial charge on any atom is 0.241 e. The minimum atomic E-state index is -3.58. The summed E-state index contributed by atoms with van der Waals surface area (Å²) in [6, 6.07) is 3.04. The number of halogens is 1. The zero-order chi connectivity index (χ0) is 15.6. The molecule has 1 fully saturated rings. The third kappa shape index (κ3) is 4.11. The summed E-state index contributed by atoms with van der Waals surface area (Å²) in [5.41, 5.74) is 6.77. The highest BCUT2D eigenvalue weighted by Gasteiger charge is 2.25. The Hall–Kier alpha value is -0.780. The molecule has 4 nitrogen and oxygen atoms in total. The summed E-state index contributed by atoms with van der Waals surface area (Å²) < 4.78 is 28.0. The highest BCUT2D eigenvalue weighted by molar-refractivity contribution is 7.89. The summed E-state index contributed by atoms with van der Waals surface area (Å²) in [7, 11) is -3.58. The smallest absolute Gasteiger partial charge is 0.241 e. The molecule has 2 unspecified atom stereocenters. The Labute approximate surface area is 132 Å². The Kier molecular flexibility index (Phi) is 5.17. The van der Waals surface area contributed by atoms with Crippen molar-refractivity contribution in [1.82, 2.24) is 4.72 Å². The van der Waals surface area contributed by atoms with Crippen molar-refractivity contribution in [3.63, 3.8) is 0 Å². The molecule has 2 atom stereocenters. The van der Waals surface area contributed by atoms with Crippen molar-refractivity contribution in [3.8, 4) is 0 Å². The fraction of sp³-hybridized carbons (Fsp3) is 0.600. The van der Waals surface area contributed by atoms with Crippen LogP contribution in [-0.2, 0) is 10.0 Å². The van der Waals surface area contributed by atoms with Gasteiger partial charge in [-0.25, -0.2) is 13.1 Å². The van der Waals surface area contributed by atoms with Gasteiger partial charge in [0.25, 0.3) is 0 Å². The van der Waals surface area contributed by atoms with Crippen LogP contribution in [0.3, 0.4) is 0 Å². The van der Waals surface area contributed by atoms with E-state index in [2.05, 4.69) is 11.6 Å². The first-order valence-corrected chi connectivity index (χ1v) is 9.23. The van der Waals surface area contributed by atoms with Gasteiger partial charge in [-0.15, -0.1) is 0 Å². The molecule has 0 saturated heterocycles. The Morgan fingerprint density at radius 3 is 2.67 bits per heavy atom. The number of hydrogen-bond acceptors (Lipinski definition) is 3. The first kappa shape index (κ1) is 16.6. The number of anilines is 1. The highest BCUT2D eigenvalue weighted by atomic mass is 35.5. The van der Waals surface area contributed by atoms with Crippen molar-refractivity contribution in [2.75, 3.05) is 5.73 Å². The van der Waals surface area contributed by atoms with E-state index in [-0.39, 0.29) is 10.9 Å². The molecule has 3 N–H and O–H groups in total. The van der Waals surface area contributed by atoms with Crippen LogP contribution in [0.25, 0.3) is 0 Å². The summed E-state index contributed by atoms with van der Waals surface area (Å²) in [4.78, 5) is 0.185. The number of nitrogen functional groups attached to an aromatic ring is 1. The molecule has 0 heterocycles. The van der Waals surface area contributed by atoms with E-state index in [4.69, 9.17) is 17.3 Å². The van der Waals surface area contributed by atoms with Crippen LogP contribution in [0.15, 0.2) is 17.0 Å². The van der Waals surface area contributed by atoms with Gasteiger partial charge in [0.1, 0.15) is 0 Å². The van der Waals surface area contributed by atoms with Gasteiger partial charge in [0.2, 0.25) is 10.0 Å². The minimum absolute atomic E-state index is 0.000411. The zero-order valence-corrected chi connectivity index (χ0v) is 14.1. The third-order valence-electron chi connectivity index (χ3n) is 4.23. The average molecular weight is 331 g/mol. The predicted octanol–water partition coefficient (Wildman–Crippen LogP) is 3.48. The number of benzene rings is 1. The Bertz CT molecular complexity index is 616. The third-order valence-corrected chi connectivity index (χ3v) is 6.10. The normalized spacial score (nSPS) is 23.8. The maximum absolute atomic E-state index is 12.6. The van der Waals surface area contributed by atoms with Crippen molar-refractivity contribution < 1.29 is 8.42 Å². The minimum Gasteiger partial charge on any atom is -0.398 e. The van der Waals surface area contributed by atoms with E-state index < -0.39 is 10.0 Å². The second-order valence-corrected chi connectivity index (χ2v) is 8.17. The van der Waals surface area contributed by atoms with Gasteiger partial charge in [-0.1, -0.05) is 31.4 Å².